The van der Waals surface area contributed by atoms with Gasteiger partial charge in [0.05, 0.1) is 29.2 Å². The second-order valence-corrected chi connectivity index (χ2v) is 11.2. The quantitative estimate of drug-likeness (QED) is 0.353. The molecule has 1 fully saturated rings. The zero-order valence-electron chi connectivity index (χ0n) is 21.4. The minimum atomic E-state index is -0.611. The number of phenolic OH excluding ortho intramolecular Hbond substituents is 1. The van der Waals surface area contributed by atoms with Crippen molar-refractivity contribution in [2.24, 2.45) is 16.8 Å². The molecule has 4 rings (SSSR count). The van der Waals surface area contributed by atoms with E-state index in [0.717, 1.165) is 11.3 Å². The normalized spacial score (nSPS) is 21.5. The Hall–Kier alpha value is -2.64. The Kier molecular flexibility index (Phi) is 8.44. The van der Waals surface area contributed by atoms with E-state index in [1.807, 2.05) is 45.0 Å². The average molecular weight is 589 g/mol. The summed E-state index contributed by atoms with van der Waals surface area (Å²) in [7, 11) is 0. The fourth-order valence-corrected chi connectivity index (χ4v) is 5.72. The standard InChI is InChI=1S/C29H31BrClNO5/c1-5-36-24-13-19(10-21(30)28(24)34)26-25(29(35)37-14-15(2)3)16(4)32-22-11-18(12-23(33)27(22)26)17-6-8-20(31)9-7-17/h6-10,13,15,18,26-27,34H,5,11-12,14H2,1-4H3/t18-,26+,27?/m1/s1. The van der Waals surface area contributed by atoms with Crippen molar-refractivity contribution in [2.75, 3.05) is 13.2 Å². The molecule has 1 aliphatic carbocycles. The van der Waals surface area contributed by atoms with Crippen LogP contribution in [0.25, 0.3) is 0 Å². The second kappa shape index (κ2) is 11.4. The van der Waals surface area contributed by atoms with Gasteiger partial charge in [0.1, 0.15) is 5.78 Å². The van der Waals surface area contributed by atoms with Crippen LogP contribution < -0.4 is 4.74 Å². The number of rotatable bonds is 7. The van der Waals surface area contributed by atoms with Crippen molar-refractivity contribution in [3.05, 3.63) is 68.3 Å². The molecule has 1 N–H and O–H groups in total. The largest absolute Gasteiger partial charge is 0.503 e. The molecule has 2 aromatic carbocycles. The number of ether oxygens (including phenoxy) is 2. The number of aliphatic imine (C=N–C) groups is 1. The number of carbonyl (C=O) groups is 2. The molecule has 37 heavy (non-hydrogen) atoms. The van der Waals surface area contributed by atoms with Crippen LogP contribution in [-0.2, 0) is 14.3 Å². The van der Waals surface area contributed by atoms with Crippen molar-refractivity contribution in [3.8, 4) is 11.5 Å². The number of benzene rings is 2. The Morgan fingerprint density at radius 1 is 1.16 bits per heavy atom. The molecule has 1 saturated carbocycles. The molecule has 0 spiro atoms. The van der Waals surface area contributed by atoms with Crippen LogP contribution in [0.1, 0.15) is 63.5 Å². The maximum absolute atomic E-state index is 13.8. The average Bonchev–Trinajstić information content (AvgIpc) is 2.84. The number of carbonyl (C=O) groups excluding carboxylic acids is 2. The Balaban J connectivity index is 1.81. The molecule has 0 saturated heterocycles. The zero-order chi connectivity index (χ0) is 26.9. The highest BCUT2D eigenvalue weighted by Gasteiger charge is 2.46. The molecule has 2 aromatic rings. The van der Waals surface area contributed by atoms with Gasteiger partial charge in [0.25, 0.3) is 0 Å². The van der Waals surface area contributed by atoms with E-state index >= 15 is 0 Å². The molecule has 0 radical (unpaired) electrons. The van der Waals surface area contributed by atoms with E-state index in [0.29, 0.717) is 45.8 Å². The fraction of sp³-hybridized carbons (Fsp3) is 0.414. The Morgan fingerprint density at radius 2 is 1.86 bits per heavy atom. The molecular weight excluding hydrogens is 558 g/mol. The van der Waals surface area contributed by atoms with Crippen LogP contribution in [0, 0.1) is 11.8 Å². The number of halogens is 2. The van der Waals surface area contributed by atoms with E-state index in [9.17, 15) is 14.7 Å². The summed E-state index contributed by atoms with van der Waals surface area (Å²) in [5.74, 6) is -1.29. The van der Waals surface area contributed by atoms with Gasteiger partial charge in [-0.3, -0.25) is 9.79 Å². The van der Waals surface area contributed by atoms with E-state index in [1.165, 1.54) is 0 Å². The smallest absolute Gasteiger partial charge is 0.336 e. The SMILES string of the molecule is CCOc1cc([C@H]2C(C(=O)OCC(C)C)=C(C)N=C3C[C@@H](c4ccc(Cl)cc4)CC(=O)C32)cc(Br)c1O. The Labute approximate surface area is 230 Å². The van der Waals surface area contributed by atoms with Gasteiger partial charge in [-0.05, 0) is 83.4 Å². The van der Waals surface area contributed by atoms with Gasteiger partial charge in [0.2, 0.25) is 0 Å². The summed E-state index contributed by atoms with van der Waals surface area (Å²) in [4.78, 5) is 32.0. The summed E-state index contributed by atoms with van der Waals surface area (Å²) in [6.07, 6.45) is 0.921. The number of ketones is 1. The summed E-state index contributed by atoms with van der Waals surface area (Å²) in [6, 6.07) is 11.0. The van der Waals surface area contributed by atoms with Crippen LogP contribution >= 0.6 is 27.5 Å². The highest BCUT2D eigenvalue weighted by Crippen LogP contribution is 2.48. The van der Waals surface area contributed by atoms with Gasteiger partial charge in [-0.25, -0.2) is 4.79 Å². The highest BCUT2D eigenvalue weighted by atomic mass is 79.9. The third-order valence-corrected chi connectivity index (χ3v) is 7.63. The highest BCUT2D eigenvalue weighted by molar-refractivity contribution is 9.10. The summed E-state index contributed by atoms with van der Waals surface area (Å²) in [6.45, 7) is 8.17. The van der Waals surface area contributed by atoms with Crippen molar-refractivity contribution in [3.63, 3.8) is 0 Å². The van der Waals surface area contributed by atoms with Gasteiger partial charge in [0.15, 0.2) is 11.5 Å². The lowest BCUT2D eigenvalue weighted by Crippen LogP contribution is -2.41. The van der Waals surface area contributed by atoms with Crippen molar-refractivity contribution in [2.45, 2.75) is 52.4 Å². The molecule has 0 amide bonds. The fourth-order valence-electron chi connectivity index (χ4n) is 5.13. The third kappa shape index (κ3) is 5.78. The van der Waals surface area contributed by atoms with Crippen LogP contribution in [-0.4, -0.2) is 35.8 Å². The molecule has 1 aliphatic heterocycles. The maximum Gasteiger partial charge on any atom is 0.336 e. The molecule has 1 unspecified atom stereocenters. The van der Waals surface area contributed by atoms with Crippen molar-refractivity contribution in [1.29, 1.82) is 0 Å². The summed E-state index contributed by atoms with van der Waals surface area (Å²) < 4.78 is 11.7. The van der Waals surface area contributed by atoms with Crippen LogP contribution in [0.5, 0.6) is 11.5 Å². The first-order chi connectivity index (χ1) is 17.6. The first-order valence-electron chi connectivity index (χ1n) is 12.5. The van der Waals surface area contributed by atoms with E-state index in [1.54, 1.807) is 19.1 Å². The van der Waals surface area contributed by atoms with Gasteiger partial charge in [0, 0.05) is 28.8 Å². The molecule has 8 heteroatoms. The lowest BCUT2D eigenvalue weighted by molar-refractivity contribution is -0.140. The third-order valence-electron chi connectivity index (χ3n) is 6.77. The van der Waals surface area contributed by atoms with Gasteiger partial charge < -0.3 is 14.6 Å². The number of phenols is 1. The number of hydrogen-bond acceptors (Lipinski definition) is 6. The number of nitrogens with zero attached hydrogens (tertiary/aromatic N) is 1. The first-order valence-corrected chi connectivity index (χ1v) is 13.7. The van der Waals surface area contributed by atoms with E-state index in [4.69, 9.17) is 26.1 Å². The molecule has 0 bridgehead atoms. The minimum absolute atomic E-state index is 0.0127. The van der Waals surface area contributed by atoms with Crippen LogP contribution in [0.2, 0.25) is 5.02 Å². The van der Waals surface area contributed by atoms with Crippen molar-refractivity contribution >= 4 is 45.0 Å². The molecule has 3 atom stereocenters. The lowest BCUT2D eigenvalue weighted by atomic mass is 9.66. The molecule has 2 aliphatic rings. The minimum Gasteiger partial charge on any atom is -0.503 e. The van der Waals surface area contributed by atoms with Gasteiger partial charge in [-0.1, -0.05) is 37.6 Å². The zero-order valence-corrected chi connectivity index (χ0v) is 23.7. The predicted octanol–water partition coefficient (Wildman–Crippen LogP) is 6.98. The lowest BCUT2D eigenvalue weighted by Gasteiger charge is -2.38. The van der Waals surface area contributed by atoms with E-state index in [-0.39, 0.29) is 35.7 Å². The summed E-state index contributed by atoms with van der Waals surface area (Å²) in [5.41, 5.74) is 3.37. The number of hydrogen-bond donors (Lipinski definition) is 1. The molecule has 1 heterocycles. The van der Waals surface area contributed by atoms with Gasteiger partial charge in [-0.15, -0.1) is 0 Å². The summed E-state index contributed by atoms with van der Waals surface area (Å²) in [5, 5.41) is 11.2. The maximum atomic E-state index is 13.8. The second-order valence-electron chi connectivity index (χ2n) is 9.96. The van der Waals surface area contributed by atoms with Gasteiger partial charge >= 0.3 is 5.97 Å². The predicted molar refractivity (Wildman–Crippen MR) is 148 cm³/mol. The Morgan fingerprint density at radius 3 is 2.51 bits per heavy atom. The number of esters is 1. The molecular formula is C29H31BrClNO5. The summed E-state index contributed by atoms with van der Waals surface area (Å²) >= 11 is 9.49. The number of Topliss-reactive ketones (excluding diaryl/α,β-unsaturated/α-hetero) is 1. The number of allylic oxidation sites excluding steroid dienone is 1. The number of aromatic hydroxyl groups is 1. The van der Waals surface area contributed by atoms with Crippen LogP contribution in [0.15, 0.2) is 57.1 Å². The first kappa shape index (κ1) is 27.4. The van der Waals surface area contributed by atoms with E-state index in [2.05, 4.69) is 15.9 Å². The van der Waals surface area contributed by atoms with E-state index < -0.39 is 17.8 Å². The Bertz CT molecular complexity index is 1270. The molecule has 6 nitrogen and oxygen atoms in total. The monoisotopic (exact) mass is 587 g/mol. The van der Waals surface area contributed by atoms with Crippen molar-refractivity contribution < 1.29 is 24.2 Å². The number of fused-ring (bicyclic) bond motifs is 1. The van der Waals surface area contributed by atoms with Crippen molar-refractivity contribution in [1.82, 2.24) is 0 Å². The van der Waals surface area contributed by atoms with Crippen LogP contribution in [0.4, 0.5) is 0 Å². The molecule has 196 valence electrons. The van der Waals surface area contributed by atoms with Gasteiger partial charge in [-0.2, -0.15) is 0 Å². The molecule has 0 aromatic heterocycles. The van der Waals surface area contributed by atoms with Crippen LogP contribution in [0.3, 0.4) is 0 Å². The topological polar surface area (TPSA) is 85.2 Å².